The van der Waals surface area contributed by atoms with Gasteiger partial charge in [-0.15, -0.1) is 0 Å². The van der Waals surface area contributed by atoms with E-state index in [1.165, 1.54) is 12.1 Å². The number of hydrogen-bond donors (Lipinski definition) is 0. The van der Waals surface area contributed by atoms with Crippen LogP contribution in [0.3, 0.4) is 0 Å². The van der Waals surface area contributed by atoms with E-state index in [0.717, 1.165) is 51.4 Å². The molecule has 20 heavy (non-hydrogen) atoms. The van der Waals surface area contributed by atoms with E-state index in [4.69, 9.17) is 4.74 Å². The molecule has 0 unspecified atom stereocenters. The third-order valence-electron chi connectivity index (χ3n) is 3.95. The predicted molar refractivity (Wildman–Crippen MR) is 73.0 cm³/mol. The van der Waals surface area contributed by atoms with Crippen LogP contribution in [0.1, 0.15) is 22.3 Å². The number of carbonyl (C=O) groups excluding carboxylic acids is 1. The Balaban J connectivity index is 1.51. The van der Waals surface area contributed by atoms with Crippen LogP contribution in [-0.4, -0.2) is 55.1 Å². The van der Waals surface area contributed by atoms with E-state index < -0.39 is 0 Å². The number of ether oxygens (including phenoxy) is 1. The maximum atomic E-state index is 13.2. The third-order valence-corrected chi connectivity index (χ3v) is 3.95. The van der Waals surface area contributed by atoms with Gasteiger partial charge in [-0.1, -0.05) is 0 Å². The van der Waals surface area contributed by atoms with Crippen LogP contribution in [0, 0.1) is 5.82 Å². The lowest BCUT2D eigenvalue weighted by Crippen LogP contribution is -2.38. The zero-order chi connectivity index (χ0) is 13.9. The highest BCUT2D eigenvalue weighted by Gasteiger charge is 2.27. The van der Waals surface area contributed by atoms with Crippen LogP contribution in [0.25, 0.3) is 0 Å². The minimum atomic E-state index is -0.272. The summed E-state index contributed by atoms with van der Waals surface area (Å²) in [5, 5.41) is 0. The highest BCUT2D eigenvalue weighted by atomic mass is 19.1. The molecule has 0 spiro atoms. The van der Waals surface area contributed by atoms with Gasteiger partial charge in [-0.05, 0) is 30.2 Å². The first-order chi connectivity index (χ1) is 9.74. The maximum absolute atomic E-state index is 13.2. The summed E-state index contributed by atoms with van der Waals surface area (Å²) in [6.45, 7) is 5.79. The summed E-state index contributed by atoms with van der Waals surface area (Å²) < 4.78 is 18.5. The van der Waals surface area contributed by atoms with Crippen LogP contribution in [-0.2, 0) is 11.3 Å². The highest BCUT2D eigenvalue weighted by molar-refractivity contribution is 5.98. The molecule has 2 heterocycles. The van der Waals surface area contributed by atoms with Crippen molar-refractivity contribution in [3.05, 3.63) is 35.1 Å². The van der Waals surface area contributed by atoms with Gasteiger partial charge in [0, 0.05) is 38.3 Å². The van der Waals surface area contributed by atoms with Crippen molar-refractivity contribution >= 4 is 5.91 Å². The van der Waals surface area contributed by atoms with E-state index in [9.17, 15) is 9.18 Å². The lowest BCUT2D eigenvalue weighted by Gasteiger charge is -2.27. The number of fused-ring (bicyclic) bond motifs is 1. The summed E-state index contributed by atoms with van der Waals surface area (Å²) in [6.07, 6.45) is 0.947. The second kappa shape index (κ2) is 5.89. The van der Waals surface area contributed by atoms with Gasteiger partial charge in [0.05, 0.1) is 13.2 Å². The molecule has 4 nitrogen and oxygen atoms in total. The van der Waals surface area contributed by atoms with Crippen molar-refractivity contribution in [2.24, 2.45) is 0 Å². The first-order valence-corrected chi connectivity index (χ1v) is 7.12. The number of hydrogen-bond acceptors (Lipinski definition) is 3. The zero-order valence-electron chi connectivity index (χ0n) is 11.5. The van der Waals surface area contributed by atoms with E-state index in [1.807, 2.05) is 4.90 Å². The van der Waals surface area contributed by atoms with E-state index in [-0.39, 0.29) is 11.7 Å². The van der Waals surface area contributed by atoms with E-state index in [2.05, 4.69) is 4.90 Å². The van der Waals surface area contributed by atoms with Crippen LogP contribution >= 0.6 is 0 Å². The van der Waals surface area contributed by atoms with Crippen molar-refractivity contribution in [3.8, 4) is 0 Å². The van der Waals surface area contributed by atoms with Crippen molar-refractivity contribution in [2.45, 2.75) is 13.0 Å². The minimum Gasteiger partial charge on any atom is -0.379 e. The Morgan fingerprint density at radius 1 is 1.20 bits per heavy atom. The Morgan fingerprint density at radius 2 is 2.00 bits per heavy atom. The van der Waals surface area contributed by atoms with Crippen LogP contribution in [0.15, 0.2) is 18.2 Å². The number of rotatable bonds is 4. The lowest BCUT2D eigenvalue weighted by atomic mass is 10.1. The lowest BCUT2D eigenvalue weighted by molar-refractivity contribution is 0.0358. The van der Waals surface area contributed by atoms with E-state index in [0.29, 0.717) is 12.1 Å². The summed E-state index contributed by atoms with van der Waals surface area (Å²) in [5.41, 5.74) is 1.46. The van der Waals surface area contributed by atoms with Gasteiger partial charge in [-0.25, -0.2) is 4.39 Å². The number of halogens is 1. The molecule has 0 N–H and O–H groups in total. The molecule has 1 aromatic carbocycles. The molecule has 5 heteroatoms. The Hall–Kier alpha value is -1.46. The molecule has 0 saturated carbocycles. The number of amides is 1. The maximum Gasteiger partial charge on any atom is 0.254 e. The number of carbonyl (C=O) groups is 1. The van der Waals surface area contributed by atoms with Gasteiger partial charge in [0.1, 0.15) is 5.82 Å². The van der Waals surface area contributed by atoms with Gasteiger partial charge in [0.2, 0.25) is 0 Å². The van der Waals surface area contributed by atoms with Crippen molar-refractivity contribution in [1.82, 2.24) is 9.80 Å². The van der Waals surface area contributed by atoms with Crippen molar-refractivity contribution in [3.63, 3.8) is 0 Å². The molecule has 0 atom stereocenters. The Morgan fingerprint density at radius 3 is 2.80 bits per heavy atom. The van der Waals surface area contributed by atoms with Crippen LogP contribution in [0.5, 0.6) is 0 Å². The summed E-state index contributed by atoms with van der Waals surface area (Å²) in [7, 11) is 0. The standard InChI is InChI=1S/C15H19FN2O2/c16-13-2-3-14-12(10-13)11-18(15(14)19)5-1-4-17-6-8-20-9-7-17/h2-3,10H,1,4-9,11H2. The second-order valence-electron chi connectivity index (χ2n) is 5.34. The molecule has 2 aliphatic heterocycles. The quantitative estimate of drug-likeness (QED) is 0.837. The Kier molecular flexibility index (Phi) is 3.98. The first-order valence-electron chi connectivity index (χ1n) is 7.12. The summed E-state index contributed by atoms with van der Waals surface area (Å²) in [6, 6.07) is 4.41. The van der Waals surface area contributed by atoms with Crippen molar-refractivity contribution in [2.75, 3.05) is 39.4 Å². The summed E-state index contributed by atoms with van der Waals surface area (Å²) in [5.74, 6) is -0.242. The first kappa shape index (κ1) is 13.5. The van der Waals surface area contributed by atoms with E-state index >= 15 is 0 Å². The molecule has 3 rings (SSSR count). The van der Waals surface area contributed by atoms with Gasteiger partial charge in [-0.2, -0.15) is 0 Å². The van der Waals surface area contributed by atoms with Crippen molar-refractivity contribution in [1.29, 1.82) is 0 Å². The molecular formula is C15H19FN2O2. The molecule has 2 aliphatic rings. The molecule has 1 aromatic rings. The molecule has 108 valence electrons. The Bertz CT molecular complexity index is 501. The topological polar surface area (TPSA) is 32.8 Å². The third kappa shape index (κ3) is 2.83. The fourth-order valence-corrected chi connectivity index (χ4v) is 2.84. The minimum absolute atomic E-state index is 0.0296. The fourth-order valence-electron chi connectivity index (χ4n) is 2.84. The molecule has 1 amide bonds. The summed E-state index contributed by atoms with van der Waals surface area (Å²) >= 11 is 0. The number of benzene rings is 1. The molecule has 0 bridgehead atoms. The average Bonchev–Trinajstić information content (AvgIpc) is 2.76. The SMILES string of the molecule is O=C1c2ccc(F)cc2CN1CCCN1CCOCC1. The fraction of sp³-hybridized carbons (Fsp3) is 0.533. The zero-order valence-corrected chi connectivity index (χ0v) is 11.5. The van der Waals surface area contributed by atoms with Crippen LogP contribution < -0.4 is 0 Å². The summed E-state index contributed by atoms with van der Waals surface area (Å²) in [4.78, 5) is 16.3. The van der Waals surface area contributed by atoms with Crippen molar-refractivity contribution < 1.29 is 13.9 Å². The van der Waals surface area contributed by atoms with Crippen LogP contribution in [0.2, 0.25) is 0 Å². The largest absolute Gasteiger partial charge is 0.379 e. The molecular weight excluding hydrogens is 259 g/mol. The highest BCUT2D eigenvalue weighted by Crippen LogP contribution is 2.23. The number of morpholine rings is 1. The van der Waals surface area contributed by atoms with Gasteiger partial charge in [0.25, 0.3) is 5.91 Å². The molecule has 0 aliphatic carbocycles. The molecule has 0 radical (unpaired) electrons. The van der Waals surface area contributed by atoms with Gasteiger partial charge in [-0.3, -0.25) is 9.69 Å². The smallest absolute Gasteiger partial charge is 0.254 e. The van der Waals surface area contributed by atoms with Gasteiger partial charge < -0.3 is 9.64 Å². The predicted octanol–water partition coefficient (Wildman–Crippen LogP) is 1.50. The van der Waals surface area contributed by atoms with E-state index in [1.54, 1.807) is 6.07 Å². The average molecular weight is 278 g/mol. The number of nitrogens with zero attached hydrogens (tertiary/aromatic N) is 2. The monoisotopic (exact) mass is 278 g/mol. The van der Waals surface area contributed by atoms with Gasteiger partial charge in [0.15, 0.2) is 0 Å². The Labute approximate surface area is 118 Å². The normalized spacial score (nSPS) is 19.4. The van der Waals surface area contributed by atoms with Gasteiger partial charge >= 0.3 is 0 Å². The molecule has 1 saturated heterocycles. The molecule has 0 aromatic heterocycles. The molecule has 1 fully saturated rings. The second-order valence-corrected chi connectivity index (χ2v) is 5.34. The van der Waals surface area contributed by atoms with Crippen LogP contribution in [0.4, 0.5) is 4.39 Å².